The van der Waals surface area contributed by atoms with Crippen molar-refractivity contribution in [3.63, 3.8) is 0 Å². The van der Waals surface area contributed by atoms with E-state index in [-0.39, 0.29) is 4.47 Å². The zero-order valence-electron chi connectivity index (χ0n) is 5.37. The van der Waals surface area contributed by atoms with Crippen LogP contribution in [0.2, 0.25) is 0 Å². The van der Waals surface area contributed by atoms with Crippen LogP contribution in [0.3, 0.4) is 0 Å². The third kappa shape index (κ3) is 4.48. The van der Waals surface area contributed by atoms with Crippen LogP contribution in [0.15, 0.2) is 16.6 Å². The molecule has 0 amide bonds. The molecule has 56 valence electrons. The van der Waals surface area contributed by atoms with Crippen molar-refractivity contribution in [3.8, 4) is 0 Å². The molecule has 0 spiro atoms. The first-order chi connectivity index (χ1) is 5.20. The fraction of sp³-hybridized carbons (Fsp3) is 0. The molecular formula is C6H2BrF2IZn. The van der Waals surface area contributed by atoms with E-state index in [1.165, 1.54) is 14.8 Å². The Bertz CT molecular complexity index is 232. The Kier molecular flexibility index (Phi) is 6.97. The Hall–Kier alpha value is 0.913. The molecule has 0 radical (unpaired) electrons. The predicted octanol–water partition coefficient (Wildman–Crippen LogP) is 3.41. The Morgan fingerprint density at radius 2 is 2.00 bits per heavy atom. The van der Waals surface area contributed by atoms with Crippen molar-refractivity contribution in [2.45, 2.75) is 0 Å². The first-order valence-corrected chi connectivity index (χ1v) is 12.3. The van der Waals surface area contributed by atoms with Gasteiger partial charge in [-0.1, -0.05) is 20.4 Å². The van der Waals surface area contributed by atoms with Crippen molar-refractivity contribution in [2.24, 2.45) is 0 Å². The van der Waals surface area contributed by atoms with Crippen LogP contribution in [0.25, 0.3) is 0 Å². The molecule has 0 saturated heterocycles. The van der Waals surface area contributed by atoms with Gasteiger partial charge in [-0.25, -0.2) is 4.39 Å². The SMILES string of the molecule is Fc1[c-]cc(F)c(Br)c1.[Zn+][I]. The molecule has 0 bridgehead atoms. The van der Waals surface area contributed by atoms with Gasteiger partial charge in [0, 0.05) is 11.6 Å². The van der Waals surface area contributed by atoms with Crippen molar-refractivity contribution in [1.82, 2.24) is 0 Å². The van der Waals surface area contributed by atoms with Gasteiger partial charge in [0.05, 0.1) is 0 Å². The van der Waals surface area contributed by atoms with Gasteiger partial charge in [0.15, 0.2) is 0 Å². The summed E-state index contributed by atoms with van der Waals surface area (Å²) >= 11 is 6.43. The number of benzene rings is 1. The summed E-state index contributed by atoms with van der Waals surface area (Å²) in [7, 11) is 0. The number of hydrogen-bond acceptors (Lipinski definition) is 0. The van der Waals surface area contributed by atoms with Crippen LogP contribution in [0.4, 0.5) is 8.78 Å². The van der Waals surface area contributed by atoms with E-state index in [4.69, 9.17) is 0 Å². The molecule has 0 unspecified atom stereocenters. The molecule has 0 N–H and O–H groups in total. The van der Waals surface area contributed by atoms with E-state index in [1.807, 2.05) is 0 Å². The number of hydrogen-bond donors (Lipinski definition) is 0. The molecule has 0 atom stereocenters. The fourth-order valence-electron chi connectivity index (χ4n) is 0.423. The molecule has 0 saturated carbocycles. The Balaban J connectivity index is 0.000000461. The average molecular weight is 384 g/mol. The van der Waals surface area contributed by atoms with E-state index in [0.29, 0.717) is 0 Å². The van der Waals surface area contributed by atoms with Crippen molar-refractivity contribution >= 4 is 35.7 Å². The Labute approximate surface area is 92.7 Å². The summed E-state index contributed by atoms with van der Waals surface area (Å²) in [6.07, 6.45) is 0. The Morgan fingerprint density at radius 3 is 2.36 bits per heavy atom. The van der Waals surface area contributed by atoms with Crippen LogP contribution < -0.4 is 0 Å². The minimum atomic E-state index is -0.566. The third-order valence-corrected chi connectivity index (χ3v) is 1.43. The van der Waals surface area contributed by atoms with Crippen molar-refractivity contribution in [1.29, 1.82) is 0 Å². The second-order valence-electron chi connectivity index (χ2n) is 1.48. The molecule has 11 heavy (non-hydrogen) atoms. The summed E-state index contributed by atoms with van der Waals surface area (Å²) in [6.45, 7) is 0. The molecule has 5 heteroatoms. The standard InChI is InChI=1S/C6H2BrF2.HI.Zn/c7-5-3-4(8)1-2-6(5)9;;/h2-3H;1H;/q-1;;+2/p-1. The minimum absolute atomic E-state index is 0.124. The Morgan fingerprint density at radius 1 is 1.45 bits per heavy atom. The molecule has 1 aromatic carbocycles. The van der Waals surface area contributed by atoms with Crippen molar-refractivity contribution in [3.05, 3.63) is 34.3 Å². The summed E-state index contributed by atoms with van der Waals surface area (Å²) < 4.78 is 24.5. The van der Waals surface area contributed by atoms with E-state index in [1.54, 1.807) is 0 Å². The summed E-state index contributed by atoms with van der Waals surface area (Å²) in [4.78, 5) is 0. The first-order valence-electron chi connectivity index (χ1n) is 2.49. The monoisotopic (exact) mass is 382 g/mol. The molecular weight excluding hydrogens is 382 g/mol. The first kappa shape index (κ1) is 11.9. The molecule has 0 aliphatic heterocycles. The van der Waals surface area contributed by atoms with Gasteiger partial charge in [-0.15, -0.1) is 18.2 Å². The van der Waals surface area contributed by atoms with Gasteiger partial charge in [0.2, 0.25) is 0 Å². The van der Waals surface area contributed by atoms with E-state index in [2.05, 4.69) is 41.7 Å². The normalized spacial score (nSPS) is 8.55. The van der Waals surface area contributed by atoms with E-state index >= 15 is 0 Å². The topological polar surface area (TPSA) is 0 Å². The van der Waals surface area contributed by atoms with E-state index in [0.717, 1.165) is 12.1 Å². The molecule has 1 rings (SSSR count). The van der Waals surface area contributed by atoms with Crippen molar-refractivity contribution in [2.75, 3.05) is 0 Å². The van der Waals surface area contributed by atoms with Crippen LogP contribution in [0.1, 0.15) is 0 Å². The van der Waals surface area contributed by atoms with Crippen molar-refractivity contribution < 1.29 is 23.6 Å². The van der Waals surface area contributed by atoms with Gasteiger partial charge in [-0.3, -0.25) is 4.39 Å². The second-order valence-corrected chi connectivity index (χ2v) is 2.33. The average Bonchev–Trinajstić information content (AvgIpc) is 2.02. The zero-order chi connectivity index (χ0) is 8.85. The van der Waals surface area contributed by atoms with Crippen LogP contribution >= 0.6 is 35.7 Å². The second kappa shape index (κ2) is 6.43. The molecule has 0 aliphatic rings. The zero-order valence-corrected chi connectivity index (χ0v) is 12.1. The van der Waals surface area contributed by atoms with E-state index < -0.39 is 11.6 Å². The maximum atomic E-state index is 12.3. The quantitative estimate of drug-likeness (QED) is 0.278. The summed E-state index contributed by atoms with van der Waals surface area (Å²) in [5.74, 6) is -1.07. The summed E-state index contributed by atoms with van der Waals surface area (Å²) in [5, 5.41) is 0. The molecule has 0 heterocycles. The molecule has 1 aromatic rings. The number of rotatable bonds is 0. The van der Waals surface area contributed by atoms with Gasteiger partial charge in [-0.2, -0.15) is 0 Å². The molecule has 0 aliphatic carbocycles. The van der Waals surface area contributed by atoms with Crippen LogP contribution in [-0.2, 0) is 14.8 Å². The predicted molar refractivity (Wildman–Crippen MR) is 46.9 cm³/mol. The molecule has 0 aromatic heterocycles. The van der Waals surface area contributed by atoms with Crippen LogP contribution in [-0.4, -0.2) is 0 Å². The van der Waals surface area contributed by atoms with Gasteiger partial charge in [-0.05, 0) is 0 Å². The van der Waals surface area contributed by atoms with Gasteiger partial charge in [0.1, 0.15) is 0 Å². The fourth-order valence-corrected chi connectivity index (χ4v) is 0.739. The van der Waals surface area contributed by atoms with Gasteiger partial charge < -0.3 is 0 Å². The van der Waals surface area contributed by atoms with Crippen LogP contribution in [0.5, 0.6) is 0 Å². The summed E-state index contributed by atoms with van der Waals surface area (Å²) in [6, 6.07) is 4.04. The maximum absolute atomic E-state index is 12.3. The third-order valence-electron chi connectivity index (χ3n) is 0.818. The number of halogens is 4. The molecule has 0 nitrogen and oxygen atoms in total. The van der Waals surface area contributed by atoms with Gasteiger partial charge >= 0.3 is 34.5 Å². The van der Waals surface area contributed by atoms with Crippen LogP contribution in [0, 0.1) is 17.7 Å². The van der Waals surface area contributed by atoms with E-state index in [9.17, 15) is 8.78 Å². The summed E-state index contributed by atoms with van der Waals surface area (Å²) in [5.41, 5.74) is 0. The molecule has 0 fully saturated rings. The van der Waals surface area contributed by atoms with Gasteiger partial charge in [0.25, 0.3) is 0 Å².